The predicted octanol–water partition coefficient (Wildman–Crippen LogP) is 3.05. The fraction of sp³-hybridized carbons (Fsp3) is 0.560. The largest absolute Gasteiger partial charge is 0.490 e. The van der Waals surface area contributed by atoms with Gasteiger partial charge in [-0.15, -0.1) is 0 Å². The summed E-state index contributed by atoms with van der Waals surface area (Å²) in [6.45, 7) is 9.03. The number of nitrogens with zero attached hydrogens (tertiary/aromatic N) is 5. The predicted molar refractivity (Wildman–Crippen MR) is 134 cm³/mol. The lowest BCUT2D eigenvalue weighted by Gasteiger charge is -2.39. The monoisotopic (exact) mass is 531 g/mol. The van der Waals surface area contributed by atoms with Gasteiger partial charge in [0.1, 0.15) is 11.9 Å². The molecule has 2 saturated heterocycles. The standard InChI is InChI=1S/C25H34BrN5O3/c1-4-31-18(2)14-22(27-31)25(33)30-9-8-23(34-21-7-5-6-20(26)16-21)19(17-30)15-24(32)29-12-10-28(3)11-13-29/h5-7,14,16,19,23H,4,8-13,15,17H2,1-3H3/t19-,23-/m0/s1. The molecule has 0 unspecified atom stereocenters. The first kappa shape index (κ1) is 24.7. The number of halogens is 1. The molecule has 2 atom stereocenters. The summed E-state index contributed by atoms with van der Waals surface area (Å²) in [6, 6.07) is 9.62. The Labute approximate surface area is 210 Å². The van der Waals surface area contributed by atoms with Crippen LogP contribution in [0.1, 0.15) is 35.9 Å². The number of rotatable bonds is 6. The number of piperidine rings is 1. The van der Waals surface area contributed by atoms with Crippen molar-refractivity contribution in [2.75, 3.05) is 46.3 Å². The van der Waals surface area contributed by atoms with E-state index in [1.807, 2.05) is 58.7 Å². The van der Waals surface area contributed by atoms with Gasteiger partial charge in [-0.2, -0.15) is 5.10 Å². The summed E-state index contributed by atoms with van der Waals surface area (Å²) in [7, 11) is 2.08. The number of ether oxygens (including phenoxy) is 1. The highest BCUT2D eigenvalue weighted by Gasteiger charge is 2.36. The molecule has 0 radical (unpaired) electrons. The molecule has 0 saturated carbocycles. The number of piperazine rings is 1. The van der Waals surface area contributed by atoms with Crippen LogP contribution in [0.4, 0.5) is 0 Å². The zero-order valence-electron chi connectivity index (χ0n) is 20.2. The maximum Gasteiger partial charge on any atom is 0.274 e. The van der Waals surface area contributed by atoms with Crippen LogP contribution in [-0.2, 0) is 11.3 Å². The molecule has 4 rings (SSSR count). The molecule has 9 heteroatoms. The second-order valence-electron chi connectivity index (χ2n) is 9.29. The van der Waals surface area contributed by atoms with Crippen LogP contribution in [0.3, 0.4) is 0 Å². The molecule has 2 aliphatic heterocycles. The Kier molecular flexibility index (Phi) is 7.93. The van der Waals surface area contributed by atoms with Crippen LogP contribution in [-0.4, -0.2) is 88.7 Å². The number of carbonyl (C=O) groups is 2. The van der Waals surface area contributed by atoms with Gasteiger partial charge in [0.15, 0.2) is 5.69 Å². The van der Waals surface area contributed by atoms with Crippen molar-refractivity contribution in [1.82, 2.24) is 24.5 Å². The highest BCUT2D eigenvalue weighted by molar-refractivity contribution is 9.10. The lowest BCUT2D eigenvalue weighted by molar-refractivity contribution is -0.135. The molecule has 2 fully saturated rings. The zero-order valence-corrected chi connectivity index (χ0v) is 21.8. The summed E-state index contributed by atoms with van der Waals surface area (Å²) in [5.74, 6) is 0.751. The molecule has 34 heavy (non-hydrogen) atoms. The van der Waals surface area contributed by atoms with Gasteiger partial charge in [0, 0.05) is 74.7 Å². The van der Waals surface area contributed by atoms with Crippen molar-refractivity contribution in [2.45, 2.75) is 39.3 Å². The van der Waals surface area contributed by atoms with Gasteiger partial charge in [0.05, 0.1) is 0 Å². The second-order valence-corrected chi connectivity index (χ2v) is 10.2. The summed E-state index contributed by atoms with van der Waals surface area (Å²) in [5, 5.41) is 4.48. The number of aromatic nitrogens is 2. The summed E-state index contributed by atoms with van der Waals surface area (Å²) in [4.78, 5) is 32.5. The maximum absolute atomic E-state index is 13.3. The minimum atomic E-state index is -0.135. The number of hydrogen-bond donors (Lipinski definition) is 0. The van der Waals surface area contributed by atoms with Gasteiger partial charge in [-0.3, -0.25) is 14.3 Å². The van der Waals surface area contributed by atoms with Crippen molar-refractivity contribution in [3.05, 3.63) is 46.2 Å². The van der Waals surface area contributed by atoms with Crippen molar-refractivity contribution in [2.24, 2.45) is 5.92 Å². The van der Waals surface area contributed by atoms with E-state index in [0.29, 0.717) is 31.6 Å². The Morgan fingerprint density at radius 2 is 1.88 bits per heavy atom. The van der Waals surface area contributed by atoms with Gasteiger partial charge in [0.2, 0.25) is 5.91 Å². The molecule has 2 aromatic rings. The van der Waals surface area contributed by atoms with Gasteiger partial charge in [-0.05, 0) is 45.2 Å². The molecule has 184 valence electrons. The van der Waals surface area contributed by atoms with E-state index in [4.69, 9.17) is 4.74 Å². The zero-order chi connectivity index (χ0) is 24.2. The van der Waals surface area contributed by atoms with Crippen LogP contribution < -0.4 is 4.74 Å². The number of likely N-dealkylation sites (tertiary alicyclic amines) is 1. The molecule has 3 heterocycles. The number of hydrogen-bond acceptors (Lipinski definition) is 5. The molecular weight excluding hydrogens is 498 g/mol. The maximum atomic E-state index is 13.3. The normalized spacial score (nSPS) is 21.5. The highest BCUT2D eigenvalue weighted by atomic mass is 79.9. The Bertz CT molecular complexity index is 1020. The van der Waals surface area contributed by atoms with Crippen LogP contribution in [0.25, 0.3) is 0 Å². The number of amides is 2. The average molecular weight is 532 g/mol. The van der Waals surface area contributed by atoms with E-state index in [1.54, 1.807) is 0 Å². The van der Waals surface area contributed by atoms with Crippen molar-refractivity contribution >= 4 is 27.7 Å². The topological polar surface area (TPSA) is 70.9 Å². The first-order valence-electron chi connectivity index (χ1n) is 12.1. The fourth-order valence-corrected chi connectivity index (χ4v) is 5.15. The van der Waals surface area contributed by atoms with Gasteiger partial charge >= 0.3 is 0 Å². The van der Waals surface area contributed by atoms with E-state index in [0.717, 1.165) is 48.6 Å². The molecular formula is C25H34BrN5O3. The minimum absolute atomic E-state index is 0.0757. The number of carbonyl (C=O) groups excluding carboxylic acids is 2. The first-order valence-corrected chi connectivity index (χ1v) is 12.9. The number of likely N-dealkylation sites (N-methyl/N-ethyl adjacent to an activating group) is 1. The van der Waals surface area contributed by atoms with Crippen LogP contribution in [0.15, 0.2) is 34.8 Å². The Morgan fingerprint density at radius 1 is 1.12 bits per heavy atom. The Balaban J connectivity index is 1.49. The van der Waals surface area contributed by atoms with Crippen molar-refractivity contribution in [3.63, 3.8) is 0 Å². The third kappa shape index (κ3) is 5.81. The van der Waals surface area contributed by atoms with E-state index in [-0.39, 0.29) is 23.8 Å². The van der Waals surface area contributed by atoms with Crippen molar-refractivity contribution < 1.29 is 14.3 Å². The molecule has 1 aromatic carbocycles. The van der Waals surface area contributed by atoms with E-state index < -0.39 is 0 Å². The summed E-state index contributed by atoms with van der Waals surface area (Å²) in [6.07, 6.45) is 0.908. The number of benzene rings is 1. The molecule has 0 bridgehead atoms. The van der Waals surface area contributed by atoms with Crippen LogP contribution in [0.5, 0.6) is 5.75 Å². The number of aryl methyl sites for hydroxylation is 2. The third-order valence-corrected chi connectivity index (χ3v) is 7.32. The smallest absolute Gasteiger partial charge is 0.274 e. The van der Waals surface area contributed by atoms with Gasteiger partial charge in [0.25, 0.3) is 5.91 Å². The lowest BCUT2D eigenvalue weighted by atomic mass is 9.90. The van der Waals surface area contributed by atoms with Crippen molar-refractivity contribution in [1.29, 1.82) is 0 Å². The summed E-state index contributed by atoms with van der Waals surface area (Å²) >= 11 is 3.50. The molecule has 8 nitrogen and oxygen atoms in total. The molecule has 2 aliphatic rings. The van der Waals surface area contributed by atoms with Gasteiger partial charge in [-0.25, -0.2) is 0 Å². The van der Waals surface area contributed by atoms with Crippen LogP contribution in [0.2, 0.25) is 0 Å². The SMILES string of the molecule is CCn1nc(C(=O)N2CC[C@H](Oc3cccc(Br)c3)[C@@H](CC(=O)N3CCN(C)CC3)C2)cc1C. The average Bonchev–Trinajstić information content (AvgIpc) is 3.20. The third-order valence-electron chi connectivity index (χ3n) is 6.83. The van der Waals surface area contributed by atoms with E-state index in [9.17, 15) is 9.59 Å². The van der Waals surface area contributed by atoms with E-state index in [1.165, 1.54) is 0 Å². The Hall–Kier alpha value is -2.39. The highest BCUT2D eigenvalue weighted by Crippen LogP contribution is 2.28. The first-order chi connectivity index (χ1) is 16.3. The summed E-state index contributed by atoms with van der Waals surface area (Å²) in [5.41, 5.74) is 1.44. The fourth-order valence-electron chi connectivity index (χ4n) is 4.77. The molecule has 0 spiro atoms. The summed E-state index contributed by atoms with van der Waals surface area (Å²) < 4.78 is 9.15. The van der Waals surface area contributed by atoms with Crippen molar-refractivity contribution in [3.8, 4) is 5.75 Å². The minimum Gasteiger partial charge on any atom is -0.490 e. The molecule has 0 aliphatic carbocycles. The Morgan fingerprint density at radius 3 is 2.56 bits per heavy atom. The van der Waals surface area contributed by atoms with E-state index >= 15 is 0 Å². The molecule has 2 amide bonds. The quantitative estimate of drug-likeness (QED) is 0.572. The van der Waals surface area contributed by atoms with Crippen LogP contribution in [0, 0.1) is 12.8 Å². The van der Waals surface area contributed by atoms with E-state index in [2.05, 4.69) is 33.0 Å². The van der Waals surface area contributed by atoms with Crippen LogP contribution >= 0.6 is 15.9 Å². The second kappa shape index (κ2) is 10.9. The van der Waals surface area contributed by atoms with Gasteiger partial charge in [-0.1, -0.05) is 22.0 Å². The van der Waals surface area contributed by atoms with Gasteiger partial charge < -0.3 is 19.4 Å². The lowest BCUT2D eigenvalue weighted by Crippen LogP contribution is -2.51. The molecule has 1 aromatic heterocycles. The molecule has 0 N–H and O–H groups in total.